The highest BCUT2D eigenvalue weighted by Crippen LogP contribution is 2.15. The minimum Gasteiger partial charge on any atom is -0.481 e. The van der Waals surface area contributed by atoms with Crippen LogP contribution in [0.4, 0.5) is 0 Å². The molecule has 1 aromatic rings. The Labute approximate surface area is 84.3 Å². The Bertz CT molecular complexity index is 382. The third-order valence-corrected chi connectivity index (χ3v) is 2.45. The van der Waals surface area contributed by atoms with E-state index in [0.717, 1.165) is 11.8 Å². The first-order valence-electron chi connectivity index (χ1n) is 4.04. The lowest BCUT2D eigenvalue weighted by Gasteiger charge is -2.06. The van der Waals surface area contributed by atoms with Crippen molar-refractivity contribution in [3.05, 3.63) is 10.5 Å². The average Bonchev–Trinajstić information content (AvgIpc) is 2.43. The van der Waals surface area contributed by atoms with Crippen molar-refractivity contribution in [1.29, 1.82) is 0 Å². The van der Waals surface area contributed by atoms with Gasteiger partial charge < -0.3 is 5.11 Å². The molecule has 0 atom stereocenters. The molecule has 0 saturated carbocycles. The fraction of sp³-hybridized carbons (Fsp3) is 0.571. The van der Waals surface area contributed by atoms with Gasteiger partial charge in [0.25, 0.3) is 0 Å². The molecule has 0 radical (unpaired) electrons. The summed E-state index contributed by atoms with van der Waals surface area (Å²) in [7, 11) is 0. The third-order valence-electron chi connectivity index (χ3n) is 1.51. The molecular formula is C7H11N3O3S. The largest absolute Gasteiger partial charge is 0.481 e. The Balaban J connectivity index is 2.87. The maximum atomic E-state index is 11.2. The highest BCUT2D eigenvalue weighted by molar-refractivity contribution is 7.99. The van der Waals surface area contributed by atoms with E-state index in [9.17, 15) is 9.59 Å². The Morgan fingerprint density at radius 1 is 1.71 bits per heavy atom. The summed E-state index contributed by atoms with van der Waals surface area (Å²) in [5.74, 6) is -1.03. The third kappa shape index (κ3) is 2.38. The topological polar surface area (TPSA) is 88.0 Å². The molecule has 0 saturated heterocycles. The van der Waals surface area contributed by atoms with Crippen molar-refractivity contribution in [2.45, 2.75) is 25.0 Å². The van der Waals surface area contributed by atoms with Crippen molar-refractivity contribution in [2.75, 3.05) is 5.75 Å². The molecule has 1 rings (SSSR count). The van der Waals surface area contributed by atoms with Crippen LogP contribution < -0.4 is 5.69 Å². The van der Waals surface area contributed by atoms with Crippen LogP contribution in [0, 0.1) is 0 Å². The number of rotatable bonds is 4. The molecular weight excluding hydrogens is 206 g/mol. The van der Waals surface area contributed by atoms with Crippen LogP contribution in [0.2, 0.25) is 0 Å². The van der Waals surface area contributed by atoms with Crippen molar-refractivity contribution >= 4 is 17.7 Å². The number of aromatic nitrogens is 3. The van der Waals surface area contributed by atoms with Gasteiger partial charge >= 0.3 is 11.7 Å². The second-order valence-corrected chi connectivity index (χ2v) is 3.90. The van der Waals surface area contributed by atoms with Crippen LogP contribution in [-0.4, -0.2) is 31.6 Å². The number of carboxylic acid groups (broad SMARTS) is 1. The molecule has 0 unspecified atom stereocenters. The Kier molecular flexibility index (Phi) is 3.34. The maximum Gasteiger partial charge on any atom is 0.344 e. The van der Waals surface area contributed by atoms with E-state index < -0.39 is 5.97 Å². The van der Waals surface area contributed by atoms with Crippen LogP contribution >= 0.6 is 11.8 Å². The van der Waals surface area contributed by atoms with Crippen LogP contribution in [0.25, 0.3) is 0 Å². The smallest absolute Gasteiger partial charge is 0.344 e. The van der Waals surface area contributed by atoms with Crippen molar-refractivity contribution in [3.8, 4) is 0 Å². The average molecular weight is 217 g/mol. The van der Waals surface area contributed by atoms with Gasteiger partial charge in [-0.25, -0.2) is 9.89 Å². The Morgan fingerprint density at radius 2 is 2.36 bits per heavy atom. The van der Waals surface area contributed by atoms with E-state index >= 15 is 0 Å². The highest BCUT2D eigenvalue weighted by atomic mass is 32.2. The second-order valence-electron chi connectivity index (χ2n) is 2.96. The van der Waals surface area contributed by atoms with Crippen molar-refractivity contribution < 1.29 is 9.90 Å². The van der Waals surface area contributed by atoms with E-state index in [1.807, 2.05) is 13.8 Å². The first-order valence-corrected chi connectivity index (χ1v) is 5.02. The predicted molar refractivity (Wildman–Crippen MR) is 51.6 cm³/mol. The fourth-order valence-corrected chi connectivity index (χ4v) is 1.77. The highest BCUT2D eigenvalue weighted by Gasteiger charge is 2.12. The van der Waals surface area contributed by atoms with E-state index in [2.05, 4.69) is 10.2 Å². The summed E-state index contributed by atoms with van der Waals surface area (Å²) in [6.45, 7) is 3.67. The lowest BCUT2D eigenvalue weighted by atomic mass is 10.4. The summed E-state index contributed by atoms with van der Waals surface area (Å²) >= 11 is 1.03. The van der Waals surface area contributed by atoms with Gasteiger partial charge in [0, 0.05) is 6.04 Å². The molecule has 0 aliphatic rings. The molecule has 0 fully saturated rings. The van der Waals surface area contributed by atoms with Crippen LogP contribution in [0.1, 0.15) is 19.9 Å². The van der Waals surface area contributed by atoms with Gasteiger partial charge in [0.15, 0.2) is 5.16 Å². The van der Waals surface area contributed by atoms with E-state index in [4.69, 9.17) is 5.11 Å². The molecule has 14 heavy (non-hydrogen) atoms. The zero-order valence-electron chi connectivity index (χ0n) is 7.85. The SMILES string of the molecule is CC(C)n1c(SCC(=O)O)n[nH]c1=O. The molecule has 1 aromatic heterocycles. The molecule has 1 heterocycles. The van der Waals surface area contributed by atoms with Gasteiger partial charge in [-0.05, 0) is 13.8 Å². The zero-order valence-corrected chi connectivity index (χ0v) is 8.67. The first-order chi connectivity index (χ1) is 6.52. The van der Waals surface area contributed by atoms with Crippen LogP contribution in [-0.2, 0) is 4.79 Å². The minimum absolute atomic E-state index is 0.0301. The predicted octanol–water partition coefficient (Wildman–Crippen LogP) is 0.329. The zero-order chi connectivity index (χ0) is 10.7. The van der Waals surface area contributed by atoms with Crippen molar-refractivity contribution in [1.82, 2.24) is 14.8 Å². The number of aliphatic carboxylic acids is 1. The lowest BCUT2D eigenvalue weighted by molar-refractivity contribution is -0.133. The van der Waals surface area contributed by atoms with Gasteiger partial charge in [-0.15, -0.1) is 5.10 Å². The van der Waals surface area contributed by atoms with Gasteiger partial charge in [-0.3, -0.25) is 9.36 Å². The molecule has 0 amide bonds. The van der Waals surface area contributed by atoms with Gasteiger partial charge in [0.1, 0.15) is 0 Å². The van der Waals surface area contributed by atoms with Crippen LogP contribution in [0.15, 0.2) is 9.95 Å². The Morgan fingerprint density at radius 3 is 2.86 bits per heavy atom. The van der Waals surface area contributed by atoms with Crippen molar-refractivity contribution in [3.63, 3.8) is 0 Å². The molecule has 78 valence electrons. The van der Waals surface area contributed by atoms with E-state index in [1.165, 1.54) is 4.57 Å². The quantitative estimate of drug-likeness (QED) is 0.709. The number of carbonyl (C=O) groups is 1. The lowest BCUT2D eigenvalue weighted by Crippen LogP contribution is -2.19. The number of hydrogen-bond acceptors (Lipinski definition) is 4. The monoisotopic (exact) mass is 217 g/mol. The summed E-state index contributed by atoms with van der Waals surface area (Å²) in [4.78, 5) is 21.5. The molecule has 0 aromatic carbocycles. The van der Waals surface area contributed by atoms with E-state index in [1.54, 1.807) is 0 Å². The number of carboxylic acids is 1. The Hall–Kier alpha value is -1.24. The molecule has 0 bridgehead atoms. The fourth-order valence-electron chi connectivity index (χ4n) is 0.974. The standard InChI is InChI=1S/C7H11N3O3S/c1-4(2)10-6(13)8-9-7(10)14-3-5(11)12/h4H,3H2,1-2H3,(H,8,13)(H,11,12). The van der Waals surface area contributed by atoms with Gasteiger partial charge in [0.05, 0.1) is 5.75 Å². The summed E-state index contributed by atoms with van der Waals surface area (Å²) < 4.78 is 1.42. The van der Waals surface area contributed by atoms with Gasteiger partial charge in [0.2, 0.25) is 0 Å². The van der Waals surface area contributed by atoms with Crippen LogP contribution in [0.5, 0.6) is 0 Å². The summed E-state index contributed by atoms with van der Waals surface area (Å²) in [6.07, 6.45) is 0. The summed E-state index contributed by atoms with van der Waals surface area (Å²) in [6, 6.07) is -0.0301. The molecule has 0 aliphatic heterocycles. The van der Waals surface area contributed by atoms with Gasteiger partial charge in [-0.2, -0.15) is 0 Å². The van der Waals surface area contributed by atoms with Crippen molar-refractivity contribution in [2.24, 2.45) is 0 Å². The minimum atomic E-state index is -0.930. The molecule has 0 spiro atoms. The van der Waals surface area contributed by atoms with E-state index in [0.29, 0.717) is 5.16 Å². The molecule has 7 heteroatoms. The number of thioether (sulfide) groups is 1. The number of aromatic amines is 1. The van der Waals surface area contributed by atoms with Gasteiger partial charge in [-0.1, -0.05) is 11.8 Å². The van der Waals surface area contributed by atoms with E-state index in [-0.39, 0.29) is 17.5 Å². The number of hydrogen-bond donors (Lipinski definition) is 2. The normalized spacial score (nSPS) is 10.8. The number of nitrogens with one attached hydrogen (secondary N) is 1. The first kappa shape index (κ1) is 10.8. The molecule has 0 aliphatic carbocycles. The molecule has 2 N–H and O–H groups in total. The number of nitrogens with zero attached hydrogens (tertiary/aromatic N) is 2. The summed E-state index contributed by atoms with van der Waals surface area (Å²) in [5.41, 5.74) is -0.312. The maximum absolute atomic E-state index is 11.2. The van der Waals surface area contributed by atoms with Crippen LogP contribution in [0.3, 0.4) is 0 Å². The molecule has 6 nitrogen and oxygen atoms in total. The summed E-state index contributed by atoms with van der Waals surface area (Å²) in [5, 5.41) is 14.9. The second kappa shape index (κ2) is 4.32. The number of H-pyrrole nitrogens is 1.